The molecule has 0 spiro atoms. The molecule has 32 heavy (non-hydrogen) atoms. The first kappa shape index (κ1) is 18.7. The number of nitrogens with zero attached hydrogens (tertiary/aromatic N) is 7. The number of aromatic nitrogens is 7. The van der Waals surface area contributed by atoms with E-state index < -0.39 is 0 Å². The monoisotopic (exact) mass is 428 g/mol. The van der Waals surface area contributed by atoms with Crippen molar-refractivity contribution in [1.82, 2.24) is 34.7 Å². The van der Waals surface area contributed by atoms with Crippen molar-refractivity contribution < 1.29 is 9.53 Å². The van der Waals surface area contributed by atoms with Crippen molar-refractivity contribution in [3.63, 3.8) is 0 Å². The number of tetrazole rings is 1. The first-order valence-corrected chi connectivity index (χ1v) is 10.5. The molecule has 0 unspecified atom stereocenters. The summed E-state index contributed by atoms with van der Waals surface area (Å²) in [6.45, 7) is 2.36. The van der Waals surface area contributed by atoms with Crippen LogP contribution in [0.1, 0.15) is 47.9 Å². The maximum atomic E-state index is 13.1. The Kier molecular flexibility index (Phi) is 4.23. The molecule has 2 aliphatic rings. The number of nitrogens with one attached hydrogen (secondary N) is 1. The zero-order chi connectivity index (χ0) is 21.7. The van der Waals surface area contributed by atoms with Gasteiger partial charge in [-0.2, -0.15) is 0 Å². The second-order valence-electron chi connectivity index (χ2n) is 8.12. The van der Waals surface area contributed by atoms with Crippen LogP contribution in [0.15, 0.2) is 49.1 Å². The molecule has 4 aromatic rings. The minimum atomic E-state index is -0.330. The van der Waals surface area contributed by atoms with Crippen molar-refractivity contribution in [1.29, 1.82) is 0 Å². The van der Waals surface area contributed by atoms with E-state index in [0.29, 0.717) is 35.5 Å². The van der Waals surface area contributed by atoms with Gasteiger partial charge in [-0.1, -0.05) is 6.07 Å². The first-order chi connectivity index (χ1) is 15.7. The van der Waals surface area contributed by atoms with Crippen molar-refractivity contribution in [2.75, 3.05) is 11.9 Å². The average molecular weight is 428 g/mol. The molecular formula is C22H20N8O2. The number of hydrogen-bond acceptors (Lipinski definition) is 7. The summed E-state index contributed by atoms with van der Waals surface area (Å²) in [5.41, 5.74) is 3.50. The molecule has 1 saturated carbocycles. The zero-order valence-electron chi connectivity index (χ0n) is 17.3. The van der Waals surface area contributed by atoms with Gasteiger partial charge in [0, 0.05) is 18.3 Å². The van der Waals surface area contributed by atoms with Crippen LogP contribution in [0.3, 0.4) is 0 Å². The number of carbonyl (C=O) groups is 1. The van der Waals surface area contributed by atoms with Gasteiger partial charge in [-0.3, -0.25) is 9.78 Å². The molecule has 160 valence electrons. The summed E-state index contributed by atoms with van der Waals surface area (Å²) in [6, 6.07) is 9.07. The lowest BCUT2D eigenvalue weighted by molar-refractivity contribution is 0.102. The molecule has 10 heteroatoms. The van der Waals surface area contributed by atoms with Gasteiger partial charge in [-0.25, -0.2) is 9.67 Å². The standard InChI is InChI=1S/C22H20N8O2/c1-13-11-32-20-16(21-26-27-28-30(13)21)3-2-4-17(20)25-22(31)18-9-15(7-8-23-18)29-10-19(24-12-29)14-5-6-14/h2-4,7-10,12-14H,5-6,11H2,1H3,(H,25,31)/t13-/m0/s1. The van der Waals surface area contributed by atoms with E-state index in [1.807, 2.05) is 35.9 Å². The van der Waals surface area contributed by atoms with Crippen LogP contribution >= 0.6 is 0 Å². The summed E-state index contributed by atoms with van der Waals surface area (Å²) in [7, 11) is 0. The number of rotatable bonds is 4. The van der Waals surface area contributed by atoms with Gasteiger partial charge in [0.05, 0.1) is 35.0 Å². The maximum Gasteiger partial charge on any atom is 0.274 e. The third kappa shape index (κ3) is 3.20. The SMILES string of the molecule is C[C@H]1COc2c(NC(=O)c3cc(-n4cnc(C5CC5)c4)ccn3)cccc2-c2nnnn21. The summed E-state index contributed by atoms with van der Waals surface area (Å²) in [4.78, 5) is 21.8. The Hall–Kier alpha value is -4.08. The summed E-state index contributed by atoms with van der Waals surface area (Å²) >= 11 is 0. The molecule has 4 heterocycles. The normalized spacial score (nSPS) is 17.1. The molecular weight excluding hydrogens is 408 g/mol. The van der Waals surface area contributed by atoms with E-state index in [4.69, 9.17) is 4.74 Å². The Morgan fingerprint density at radius 3 is 3.00 bits per heavy atom. The van der Waals surface area contributed by atoms with Crippen LogP contribution in [0, 0.1) is 0 Å². The van der Waals surface area contributed by atoms with Crippen LogP contribution in [-0.2, 0) is 0 Å². The van der Waals surface area contributed by atoms with Gasteiger partial charge in [-0.05, 0) is 54.5 Å². The van der Waals surface area contributed by atoms with E-state index in [9.17, 15) is 4.79 Å². The number of carbonyl (C=O) groups excluding carboxylic acids is 1. The third-order valence-corrected chi connectivity index (χ3v) is 5.76. The quantitative estimate of drug-likeness (QED) is 0.532. The van der Waals surface area contributed by atoms with Crippen LogP contribution in [-0.4, -0.2) is 47.3 Å². The molecule has 1 aliphatic heterocycles. The predicted octanol–water partition coefficient (Wildman–Crippen LogP) is 3.00. The highest BCUT2D eigenvalue weighted by Gasteiger charge is 2.27. The third-order valence-electron chi connectivity index (χ3n) is 5.76. The summed E-state index contributed by atoms with van der Waals surface area (Å²) < 4.78 is 9.66. The fraction of sp³-hybridized carbons (Fsp3) is 0.273. The molecule has 0 saturated heterocycles. The topological polar surface area (TPSA) is 113 Å². The molecule has 1 aromatic carbocycles. The number of ether oxygens (including phenoxy) is 1. The highest BCUT2D eigenvalue weighted by Crippen LogP contribution is 2.40. The first-order valence-electron chi connectivity index (χ1n) is 10.5. The van der Waals surface area contributed by atoms with E-state index in [1.165, 1.54) is 12.8 Å². The highest BCUT2D eigenvalue weighted by atomic mass is 16.5. The van der Waals surface area contributed by atoms with Crippen molar-refractivity contribution >= 4 is 11.6 Å². The lowest BCUT2D eigenvalue weighted by Gasteiger charge is -2.14. The molecule has 1 atom stereocenters. The number of amides is 1. The summed E-state index contributed by atoms with van der Waals surface area (Å²) in [5.74, 6) is 1.38. The number of para-hydroxylation sites is 1. The molecule has 1 N–H and O–H groups in total. The van der Waals surface area contributed by atoms with E-state index in [2.05, 4.69) is 30.8 Å². The maximum absolute atomic E-state index is 13.1. The van der Waals surface area contributed by atoms with Crippen LogP contribution in [0.4, 0.5) is 5.69 Å². The van der Waals surface area contributed by atoms with Crippen molar-refractivity contribution in [3.05, 3.63) is 60.4 Å². The fourth-order valence-corrected chi connectivity index (χ4v) is 3.87. The molecule has 3 aromatic heterocycles. The average Bonchev–Trinajstić information content (AvgIpc) is 3.37. The molecule has 1 fully saturated rings. The van der Waals surface area contributed by atoms with Gasteiger partial charge in [0.2, 0.25) is 0 Å². The Bertz CT molecular complexity index is 1320. The van der Waals surface area contributed by atoms with Gasteiger partial charge >= 0.3 is 0 Å². The molecule has 0 radical (unpaired) electrons. The zero-order valence-corrected chi connectivity index (χ0v) is 17.3. The van der Waals surface area contributed by atoms with Crippen LogP contribution in [0.2, 0.25) is 0 Å². The van der Waals surface area contributed by atoms with Crippen molar-refractivity contribution in [2.45, 2.75) is 31.7 Å². The number of benzene rings is 1. The fourth-order valence-electron chi connectivity index (χ4n) is 3.87. The highest BCUT2D eigenvalue weighted by molar-refractivity contribution is 6.04. The van der Waals surface area contributed by atoms with Crippen LogP contribution < -0.4 is 10.1 Å². The second-order valence-corrected chi connectivity index (χ2v) is 8.12. The van der Waals surface area contributed by atoms with E-state index in [-0.39, 0.29) is 11.9 Å². The van der Waals surface area contributed by atoms with Gasteiger partial charge in [-0.15, -0.1) is 5.10 Å². The molecule has 10 nitrogen and oxygen atoms in total. The van der Waals surface area contributed by atoms with Gasteiger partial charge in [0.15, 0.2) is 11.6 Å². The summed E-state index contributed by atoms with van der Waals surface area (Å²) in [6.07, 6.45) is 7.80. The number of fused-ring (bicyclic) bond motifs is 3. The summed E-state index contributed by atoms with van der Waals surface area (Å²) in [5, 5.41) is 14.9. The Labute approximate surface area is 183 Å². The Morgan fingerprint density at radius 2 is 2.12 bits per heavy atom. The van der Waals surface area contributed by atoms with E-state index >= 15 is 0 Å². The van der Waals surface area contributed by atoms with Crippen molar-refractivity contribution in [2.24, 2.45) is 0 Å². The predicted molar refractivity (Wildman–Crippen MR) is 115 cm³/mol. The van der Waals surface area contributed by atoms with E-state index in [1.54, 1.807) is 29.3 Å². The van der Waals surface area contributed by atoms with E-state index in [0.717, 1.165) is 16.9 Å². The minimum absolute atomic E-state index is 0.0370. The second kappa shape index (κ2) is 7.26. The lowest BCUT2D eigenvalue weighted by Crippen LogP contribution is -2.16. The van der Waals surface area contributed by atoms with Crippen molar-refractivity contribution in [3.8, 4) is 22.8 Å². The number of imidazole rings is 1. The Balaban J connectivity index is 1.29. The molecule has 0 bridgehead atoms. The molecule has 6 rings (SSSR count). The Morgan fingerprint density at radius 1 is 1.22 bits per heavy atom. The van der Waals surface area contributed by atoms with Gasteiger partial charge in [0.1, 0.15) is 12.3 Å². The number of pyridine rings is 1. The molecule has 1 amide bonds. The van der Waals surface area contributed by atoms with Crippen LogP contribution in [0.25, 0.3) is 17.1 Å². The van der Waals surface area contributed by atoms with Gasteiger partial charge < -0.3 is 14.6 Å². The van der Waals surface area contributed by atoms with Crippen LogP contribution in [0.5, 0.6) is 5.75 Å². The van der Waals surface area contributed by atoms with Gasteiger partial charge in [0.25, 0.3) is 5.91 Å². The number of anilines is 1. The molecule has 1 aliphatic carbocycles. The smallest absolute Gasteiger partial charge is 0.274 e. The number of hydrogen-bond donors (Lipinski definition) is 1. The lowest BCUT2D eigenvalue weighted by atomic mass is 10.1. The minimum Gasteiger partial charge on any atom is -0.488 e. The largest absolute Gasteiger partial charge is 0.488 e.